The first kappa shape index (κ1) is 17.9. The smallest absolute Gasteiger partial charge is 0.230 e. The summed E-state index contributed by atoms with van der Waals surface area (Å²) in [4.78, 5) is 27.5. The van der Waals surface area contributed by atoms with Crippen molar-refractivity contribution in [2.24, 2.45) is 17.1 Å². The van der Waals surface area contributed by atoms with Crippen LogP contribution in [0.4, 0.5) is 5.69 Å². The Morgan fingerprint density at radius 2 is 1.96 bits per heavy atom. The maximum absolute atomic E-state index is 13.1. The zero-order valence-corrected chi connectivity index (χ0v) is 14.6. The number of hydrogen-bond donors (Lipinski definition) is 2. The number of rotatable bonds is 4. The van der Waals surface area contributed by atoms with Crippen LogP contribution in [-0.4, -0.2) is 49.6 Å². The van der Waals surface area contributed by atoms with Gasteiger partial charge >= 0.3 is 0 Å². The van der Waals surface area contributed by atoms with Crippen molar-refractivity contribution >= 4 is 17.5 Å². The number of carbonyl (C=O) groups is 2. The summed E-state index contributed by atoms with van der Waals surface area (Å²) < 4.78 is 5.40. The molecule has 2 amide bonds. The summed E-state index contributed by atoms with van der Waals surface area (Å²) >= 11 is 0. The lowest BCUT2D eigenvalue weighted by molar-refractivity contribution is -0.149. The normalized spacial score (nSPS) is 23.1. The van der Waals surface area contributed by atoms with Crippen LogP contribution in [0.1, 0.15) is 25.7 Å². The number of likely N-dealkylation sites (tertiary alicyclic amines) is 1. The predicted molar refractivity (Wildman–Crippen MR) is 95.9 cm³/mol. The van der Waals surface area contributed by atoms with E-state index in [1.165, 1.54) is 0 Å². The Morgan fingerprint density at radius 3 is 2.64 bits per heavy atom. The van der Waals surface area contributed by atoms with Gasteiger partial charge < -0.3 is 20.7 Å². The minimum atomic E-state index is -0.518. The topological polar surface area (TPSA) is 84.7 Å². The zero-order valence-electron chi connectivity index (χ0n) is 14.6. The number of piperidine rings is 1. The molecule has 0 aromatic heterocycles. The molecule has 1 aromatic carbocycles. The number of hydrogen-bond acceptors (Lipinski definition) is 4. The van der Waals surface area contributed by atoms with E-state index < -0.39 is 5.41 Å². The molecule has 2 aliphatic rings. The van der Waals surface area contributed by atoms with Gasteiger partial charge in [0.2, 0.25) is 11.8 Å². The van der Waals surface area contributed by atoms with Crippen LogP contribution in [0.15, 0.2) is 30.3 Å². The van der Waals surface area contributed by atoms with Crippen LogP contribution in [0, 0.1) is 11.3 Å². The second-order valence-corrected chi connectivity index (χ2v) is 7.04. The summed E-state index contributed by atoms with van der Waals surface area (Å²) in [5.74, 6) is -0.0967. The molecule has 0 bridgehead atoms. The molecule has 2 fully saturated rings. The van der Waals surface area contributed by atoms with Gasteiger partial charge in [0.25, 0.3) is 0 Å². The molecule has 1 unspecified atom stereocenters. The first-order valence-electron chi connectivity index (χ1n) is 9.08. The Hall–Kier alpha value is -1.92. The largest absolute Gasteiger partial charge is 0.381 e. The number of nitrogens with zero attached hydrogens (tertiary/aromatic N) is 1. The van der Waals surface area contributed by atoms with Gasteiger partial charge in [-0.15, -0.1) is 0 Å². The molecule has 3 rings (SSSR count). The molecule has 25 heavy (non-hydrogen) atoms. The number of para-hydroxylation sites is 1. The minimum Gasteiger partial charge on any atom is -0.381 e. The Bertz CT molecular complexity index is 599. The molecule has 0 saturated carbocycles. The fourth-order valence-electron chi connectivity index (χ4n) is 3.74. The molecule has 2 saturated heterocycles. The van der Waals surface area contributed by atoms with Crippen LogP contribution in [0.2, 0.25) is 0 Å². The molecule has 3 N–H and O–H groups in total. The second kappa shape index (κ2) is 7.97. The van der Waals surface area contributed by atoms with E-state index in [9.17, 15) is 9.59 Å². The van der Waals surface area contributed by atoms with Gasteiger partial charge in [-0.25, -0.2) is 0 Å². The fourth-order valence-corrected chi connectivity index (χ4v) is 3.74. The molecule has 0 radical (unpaired) electrons. The molecule has 1 atom stereocenters. The van der Waals surface area contributed by atoms with Crippen molar-refractivity contribution in [3.8, 4) is 0 Å². The van der Waals surface area contributed by atoms with E-state index in [2.05, 4.69) is 5.32 Å². The average Bonchev–Trinajstić information content (AvgIpc) is 2.69. The van der Waals surface area contributed by atoms with Gasteiger partial charge in [-0.2, -0.15) is 0 Å². The summed E-state index contributed by atoms with van der Waals surface area (Å²) in [5, 5.41) is 2.95. The fraction of sp³-hybridized carbons (Fsp3) is 0.579. The zero-order chi connectivity index (χ0) is 17.7. The average molecular weight is 345 g/mol. The molecular formula is C19H27N3O3. The Labute approximate surface area is 148 Å². The number of amides is 2. The van der Waals surface area contributed by atoms with Crippen LogP contribution in [0.25, 0.3) is 0 Å². The summed E-state index contributed by atoms with van der Waals surface area (Å²) in [7, 11) is 0. The third kappa shape index (κ3) is 4.02. The van der Waals surface area contributed by atoms with E-state index in [0.717, 1.165) is 18.5 Å². The molecule has 0 spiro atoms. The molecule has 136 valence electrons. The lowest BCUT2D eigenvalue weighted by Gasteiger charge is -2.41. The molecule has 6 nitrogen and oxygen atoms in total. The lowest BCUT2D eigenvalue weighted by atomic mass is 9.78. The minimum absolute atomic E-state index is 0.0162. The Morgan fingerprint density at radius 1 is 1.24 bits per heavy atom. The highest BCUT2D eigenvalue weighted by molar-refractivity contribution is 5.93. The van der Waals surface area contributed by atoms with E-state index in [4.69, 9.17) is 10.5 Å². The van der Waals surface area contributed by atoms with Crippen molar-refractivity contribution in [3.63, 3.8) is 0 Å². The van der Waals surface area contributed by atoms with E-state index in [-0.39, 0.29) is 17.7 Å². The van der Waals surface area contributed by atoms with Crippen molar-refractivity contribution in [3.05, 3.63) is 30.3 Å². The lowest BCUT2D eigenvalue weighted by Crippen LogP contribution is -2.54. The molecule has 6 heteroatoms. The van der Waals surface area contributed by atoms with Crippen LogP contribution >= 0.6 is 0 Å². The van der Waals surface area contributed by atoms with E-state index >= 15 is 0 Å². The highest BCUT2D eigenvalue weighted by atomic mass is 16.5. The van der Waals surface area contributed by atoms with Crippen molar-refractivity contribution in [2.45, 2.75) is 25.7 Å². The second-order valence-electron chi connectivity index (χ2n) is 7.04. The van der Waals surface area contributed by atoms with Crippen molar-refractivity contribution < 1.29 is 14.3 Å². The van der Waals surface area contributed by atoms with Crippen LogP contribution < -0.4 is 11.1 Å². The van der Waals surface area contributed by atoms with Gasteiger partial charge in [0, 0.05) is 38.5 Å². The monoisotopic (exact) mass is 345 g/mol. The molecule has 2 aliphatic heterocycles. The summed E-state index contributed by atoms with van der Waals surface area (Å²) in [6.07, 6.45) is 2.98. The summed E-state index contributed by atoms with van der Waals surface area (Å²) in [6.45, 7) is 2.67. The number of nitrogens with two attached hydrogens (primary N) is 1. The van der Waals surface area contributed by atoms with Gasteiger partial charge in [-0.05, 0) is 37.8 Å². The highest BCUT2D eigenvalue weighted by Crippen LogP contribution is 2.33. The van der Waals surface area contributed by atoms with Crippen LogP contribution in [0.3, 0.4) is 0 Å². The van der Waals surface area contributed by atoms with Gasteiger partial charge in [0.15, 0.2) is 0 Å². The summed E-state index contributed by atoms with van der Waals surface area (Å²) in [5.41, 5.74) is 6.23. The third-order valence-corrected chi connectivity index (χ3v) is 5.42. The molecule has 2 heterocycles. The molecular weight excluding hydrogens is 318 g/mol. The Kier molecular flexibility index (Phi) is 5.71. The maximum atomic E-state index is 13.1. The summed E-state index contributed by atoms with van der Waals surface area (Å²) in [6, 6.07) is 9.44. The number of anilines is 1. The maximum Gasteiger partial charge on any atom is 0.230 e. The van der Waals surface area contributed by atoms with E-state index in [1.54, 1.807) is 0 Å². The first-order valence-corrected chi connectivity index (χ1v) is 9.08. The molecule has 0 aliphatic carbocycles. The Balaban J connectivity index is 1.64. The van der Waals surface area contributed by atoms with Crippen molar-refractivity contribution in [1.82, 2.24) is 4.90 Å². The number of nitrogens with one attached hydrogen (secondary N) is 1. The number of carbonyl (C=O) groups excluding carboxylic acids is 2. The van der Waals surface area contributed by atoms with Gasteiger partial charge in [0.05, 0.1) is 11.3 Å². The van der Waals surface area contributed by atoms with E-state index in [1.807, 2.05) is 35.2 Å². The standard InChI is InChI=1S/C19H27N3O3/c20-14-19(8-11-25-12-9-19)18(24)22-10-4-5-15(13-22)17(23)21-16-6-2-1-3-7-16/h1-3,6-7,15H,4-5,8-14,20H2,(H,21,23). The quantitative estimate of drug-likeness (QED) is 0.868. The van der Waals surface area contributed by atoms with Gasteiger partial charge in [-0.1, -0.05) is 18.2 Å². The van der Waals surface area contributed by atoms with Gasteiger partial charge in [0.1, 0.15) is 0 Å². The van der Waals surface area contributed by atoms with Gasteiger partial charge in [-0.3, -0.25) is 9.59 Å². The SMILES string of the molecule is NCC1(C(=O)N2CCCC(C(=O)Nc3ccccc3)C2)CCOCC1. The van der Waals surface area contributed by atoms with Crippen molar-refractivity contribution in [2.75, 3.05) is 38.2 Å². The number of ether oxygens (including phenoxy) is 1. The number of benzene rings is 1. The van der Waals surface area contributed by atoms with E-state index in [0.29, 0.717) is 45.7 Å². The van der Waals surface area contributed by atoms with Crippen LogP contribution in [0.5, 0.6) is 0 Å². The third-order valence-electron chi connectivity index (χ3n) is 5.42. The van der Waals surface area contributed by atoms with Crippen molar-refractivity contribution in [1.29, 1.82) is 0 Å². The van der Waals surface area contributed by atoms with Crippen LogP contribution in [-0.2, 0) is 14.3 Å². The highest BCUT2D eigenvalue weighted by Gasteiger charge is 2.43. The molecule has 1 aromatic rings. The predicted octanol–water partition coefficient (Wildman–Crippen LogP) is 1.62. The first-order chi connectivity index (χ1) is 12.1.